The fraction of sp³-hybridized carbons (Fsp3) is 0.318. The summed E-state index contributed by atoms with van der Waals surface area (Å²) in [6, 6.07) is 4.41. The Morgan fingerprint density at radius 2 is 1.97 bits per heavy atom. The van der Waals surface area contributed by atoms with Gasteiger partial charge in [-0.1, -0.05) is 0 Å². The Hall–Kier alpha value is -3.33. The number of pyridine rings is 2. The second-order valence-electron chi connectivity index (χ2n) is 8.30. The molecule has 0 bridgehead atoms. The van der Waals surface area contributed by atoms with Gasteiger partial charge in [-0.05, 0) is 43.0 Å². The highest BCUT2D eigenvalue weighted by Crippen LogP contribution is 2.41. The minimum Gasteiger partial charge on any atom is -0.477 e. The predicted octanol–water partition coefficient (Wildman–Crippen LogP) is 2.77. The number of anilines is 1. The molecule has 1 unspecified atom stereocenters. The molecular formula is C22H20F2N4O3. The number of aromatic carboxylic acids is 1. The van der Waals surface area contributed by atoms with Crippen molar-refractivity contribution in [1.29, 1.82) is 0 Å². The molecule has 7 nitrogen and oxygen atoms in total. The van der Waals surface area contributed by atoms with Crippen LogP contribution in [0.2, 0.25) is 0 Å². The molecule has 2 aromatic heterocycles. The normalized spacial score (nSPS) is 21.1. The molecule has 3 aromatic rings. The van der Waals surface area contributed by atoms with Crippen LogP contribution in [0, 0.1) is 11.6 Å². The molecule has 2 aliphatic rings. The first-order chi connectivity index (χ1) is 14.8. The Labute approximate surface area is 175 Å². The number of benzene rings is 1. The van der Waals surface area contributed by atoms with Gasteiger partial charge in [0.1, 0.15) is 17.1 Å². The van der Waals surface area contributed by atoms with Crippen LogP contribution in [0.1, 0.15) is 41.2 Å². The van der Waals surface area contributed by atoms with E-state index in [1.54, 1.807) is 29.4 Å². The molecule has 31 heavy (non-hydrogen) atoms. The molecule has 3 heterocycles. The maximum absolute atomic E-state index is 15.8. The van der Waals surface area contributed by atoms with Crippen LogP contribution in [0.25, 0.3) is 10.9 Å². The van der Waals surface area contributed by atoms with E-state index in [-0.39, 0.29) is 29.2 Å². The summed E-state index contributed by atoms with van der Waals surface area (Å²) in [6.45, 7) is 0.524. The highest BCUT2D eigenvalue weighted by atomic mass is 19.1. The molecule has 1 aliphatic carbocycles. The Morgan fingerprint density at radius 1 is 1.26 bits per heavy atom. The minimum atomic E-state index is -1.42. The molecule has 0 radical (unpaired) electrons. The van der Waals surface area contributed by atoms with Crippen LogP contribution in [-0.4, -0.2) is 33.7 Å². The van der Waals surface area contributed by atoms with Gasteiger partial charge in [0.25, 0.3) is 0 Å². The van der Waals surface area contributed by atoms with Gasteiger partial charge in [-0.25, -0.2) is 13.6 Å². The topological polar surface area (TPSA) is 101 Å². The SMILES string of the molecule is NC1(c2ccncc2)CCN(c2c(F)cc3c(=O)c(C(=O)O)cn(C4CC4)c3c2F)C1. The summed E-state index contributed by atoms with van der Waals surface area (Å²) in [7, 11) is 0. The number of carboxylic acid groups (broad SMARTS) is 1. The largest absolute Gasteiger partial charge is 0.477 e. The van der Waals surface area contributed by atoms with Crippen LogP contribution in [0.4, 0.5) is 14.5 Å². The molecule has 160 valence electrons. The monoisotopic (exact) mass is 426 g/mol. The maximum Gasteiger partial charge on any atom is 0.341 e. The van der Waals surface area contributed by atoms with Gasteiger partial charge < -0.3 is 20.3 Å². The molecule has 1 aromatic carbocycles. The molecule has 5 rings (SSSR count). The number of rotatable bonds is 4. The zero-order valence-corrected chi connectivity index (χ0v) is 16.5. The van der Waals surface area contributed by atoms with Crippen molar-refractivity contribution in [2.24, 2.45) is 5.73 Å². The molecule has 1 saturated heterocycles. The molecule has 3 N–H and O–H groups in total. The van der Waals surface area contributed by atoms with E-state index in [0.717, 1.165) is 24.5 Å². The third kappa shape index (κ3) is 3.07. The fourth-order valence-electron chi connectivity index (χ4n) is 4.46. The van der Waals surface area contributed by atoms with Gasteiger partial charge >= 0.3 is 5.97 Å². The standard InChI is InChI=1S/C22H20F2N4O3/c23-16-9-14-18(28(13-1-2-13)10-15(20(14)29)21(30)31)17(24)19(16)27-8-5-22(25,11-27)12-3-6-26-7-4-12/h3-4,6-7,9-10,13H,1-2,5,8,11,25H2,(H,30,31). The molecule has 1 aliphatic heterocycles. The van der Waals surface area contributed by atoms with Crippen molar-refractivity contribution in [3.05, 3.63) is 69.8 Å². The van der Waals surface area contributed by atoms with E-state index in [9.17, 15) is 14.7 Å². The number of hydrogen-bond donors (Lipinski definition) is 2. The van der Waals surface area contributed by atoms with Gasteiger partial charge in [-0.2, -0.15) is 0 Å². The van der Waals surface area contributed by atoms with Crippen molar-refractivity contribution in [1.82, 2.24) is 9.55 Å². The first kappa shape index (κ1) is 19.6. The molecule has 1 atom stereocenters. The molecule has 0 amide bonds. The summed E-state index contributed by atoms with van der Waals surface area (Å²) in [6.07, 6.45) is 6.38. The lowest BCUT2D eigenvalue weighted by atomic mass is 9.91. The summed E-state index contributed by atoms with van der Waals surface area (Å²) in [5, 5.41) is 9.09. The number of nitrogens with zero attached hydrogens (tertiary/aromatic N) is 3. The number of nitrogens with two attached hydrogens (primary N) is 1. The Balaban J connectivity index is 1.66. The zero-order valence-electron chi connectivity index (χ0n) is 16.5. The van der Waals surface area contributed by atoms with Crippen LogP contribution in [0.3, 0.4) is 0 Å². The third-order valence-corrected chi connectivity index (χ3v) is 6.23. The van der Waals surface area contributed by atoms with Gasteiger partial charge in [0.2, 0.25) is 5.43 Å². The zero-order chi connectivity index (χ0) is 21.9. The van der Waals surface area contributed by atoms with Crippen molar-refractivity contribution < 1.29 is 18.7 Å². The lowest BCUT2D eigenvalue weighted by Crippen LogP contribution is -2.40. The molecule has 1 saturated carbocycles. The fourth-order valence-corrected chi connectivity index (χ4v) is 4.46. The molecule has 2 fully saturated rings. The van der Waals surface area contributed by atoms with Crippen LogP contribution in [0.5, 0.6) is 0 Å². The van der Waals surface area contributed by atoms with Crippen molar-refractivity contribution in [3.63, 3.8) is 0 Å². The van der Waals surface area contributed by atoms with E-state index in [4.69, 9.17) is 5.73 Å². The number of aromatic nitrogens is 2. The van der Waals surface area contributed by atoms with Crippen LogP contribution < -0.4 is 16.1 Å². The first-order valence-electron chi connectivity index (χ1n) is 10.0. The van der Waals surface area contributed by atoms with E-state index >= 15 is 8.78 Å². The van der Waals surface area contributed by atoms with E-state index in [0.29, 0.717) is 13.0 Å². The second kappa shape index (κ2) is 6.84. The predicted molar refractivity (Wildman–Crippen MR) is 110 cm³/mol. The van der Waals surface area contributed by atoms with E-state index in [1.165, 1.54) is 10.8 Å². The number of carbonyl (C=O) groups is 1. The lowest BCUT2D eigenvalue weighted by molar-refractivity contribution is 0.0694. The number of carboxylic acids is 1. The van der Waals surface area contributed by atoms with Gasteiger partial charge in [-0.15, -0.1) is 0 Å². The summed E-state index contributed by atoms with van der Waals surface area (Å²) < 4.78 is 32.3. The van der Waals surface area contributed by atoms with Crippen LogP contribution in [-0.2, 0) is 5.54 Å². The van der Waals surface area contributed by atoms with Crippen molar-refractivity contribution in [2.75, 3.05) is 18.0 Å². The highest BCUT2D eigenvalue weighted by molar-refractivity contribution is 5.94. The third-order valence-electron chi connectivity index (χ3n) is 6.23. The summed E-state index contributed by atoms with van der Waals surface area (Å²) in [5.41, 5.74) is 4.89. The summed E-state index contributed by atoms with van der Waals surface area (Å²) >= 11 is 0. The van der Waals surface area contributed by atoms with E-state index in [2.05, 4.69) is 4.98 Å². The number of fused-ring (bicyclic) bond motifs is 1. The molecular weight excluding hydrogens is 406 g/mol. The molecule has 9 heteroatoms. The number of hydrogen-bond acceptors (Lipinski definition) is 5. The quantitative estimate of drug-likeness (QED) is 0.665. The van der Waals surface area contributed by atoms with Crippen molar-refractivity contribution >= 4 is 22.6 Å². The Kier molecular flexibility index (Phi) is 4.33. The van der Waals surface area contributed by atoms with Crippen molar-refractivity contribution in [3.8, 4) is 0 Å². The second-order valence-corrected chi connectivity index (χ2v) is 8.30. The van der Waals surface area contributed by atoms with E-state index < -0.39 is 34.1 Å². The lowest BCUT2D eigenvalue weighted by Gasteiger charge is -2.27. The highest BCUT2D eigenvalue weighted by Gasteiger charge is 2.39. The Bertz CT molecular complexity index is 1270. The van der Waals surface area contributed by atoms with Crippen LogP contribution in [0.15, 0.2) is 41.6 Å². The van der Waals surface area contributed by atoms with Crippen LogP contribution >= 0.6 is 0 Å². The van der Waals surface area contributed by atoms with Gasteiger partial charge in [0, 0.05) is 37.7 Å². The van der Waals surface area contributed by atoms with Crippen molar-refractivity contribution in [2.45, 2.75) is 30.8 Å². The average Bonchev–Trinajstić information content (AvgIpc) is 3.51. The Morgan fingerprint density at radius 3 is 2.61 bits per heavy atom. The summed E-state index contributed by atoms with van der Waals surface area (Å²) in [4.78, 5) is 29.6. The number of halogens is 2. The maximum atomic E-state index is 15.8. The van der Waals surface area contributed by atoms with Gasteiger partial charge in [0.05, 0.1) is 16.4 Å². The smallest absolute Gasteiger partial charge is 0.341 e. The summed E-state index contributed by atoms with van der Waals surface area (Å²) in [5.74, 6) is -3.20. The first-order valence-corrected chi connectivity index (χ1v) is 10.0. The van der Waals surface area contributed by atoms with Gasteiger partial charge in [-0.3, -0.25) is 9.78 Å². The minimum absolute atomic E-state index is 0.0627. The molecule has 0 spiro atoms. The average molecular weight is 426 g/mol. The van der Waals surface area contributed by atoms with E-state index in [1.807, 2.05) is 0 Å². The van der Waals surface area contributed by atoms with Gasteiger partial charge in [0.15, 0.2) is 5.82 Å².